The van der Waals surface area contributed by atoms with Crippen molar-refractivity contribution in [3.63, 3.8) is 0 Å². The van der Waals surface area contributed by atoms with E-state index in [9.17, 15) is 19.6 Å². The minimum atomic E-state index is -1.31. The van der Waals surface area contributed by atoms with Crippen LogP contribution in [-0.4, -0.2) is 48.8 Å². The summed E-state index contributed by atoms with van der Waals surface area (Å²) in [5, 5.41) is 14.5. The molecule has 0 aromatic heterocycles. The van der Waals surface area contributed by atoms with Gasteiger partial charge in [0.1, 0.15) is 5.92 Å². The summed E-state index contributed by atoms with van der Waals surface area (Å²) in [5.41, 5.74) is 0.622. The highest BCUT2D eigenvalue weighted by atomic mass is 16.9. The molecule has 0 bridgehead atoms. The predicted molar refractivity (Wildman–Crippen MR) is 81.0 cm³/mol. The fourth-order valence-electron chi connectivity index (χ4n) is 2.39. The molecule has 0 radical (unpaired) electrons. The predicted octanol–water partition coefficient (Wildman–Crippen LogP) is 0.340. The summed E-state index contributed by atoms with van der Waals surface area (Å²) in [4.78, 5) is 39.7. The molecule has 1 aliphatic heterocycles. The number of methoxy groups -OCH3 is 2. The Morgan fingerprint density at radius 3 is 2.29 bits per heavy atom. The fraction of sp³-hybridized carbons (Fsp3) is 0.333. The number of hydrogen-bond acceptors (Lipinski definition) is 7. The molecular formula is C15H16N2O7. The number of anilines is 1. The van der Waals surface area contributed by atoms with E-state index in [2.05, 4.69) is 14.8 Å². The minimum Gasteiger partial charge on any atom is -0.468 e. The number of ether oxygens (including phenoxy) is 2. The second-order valence-electron chi connectivity index (χ2n) is 4.96. The molecule has 1 aromatic carbocycles. The Labute approximate surface area is 137 Å². The van der Waals surface area contributed by atoms with Crippen LogP contribution in [0, 0.1) is 5.21 Å². The second-order valence-corrected chi connectivity index (χ2v) is 4.96. The van der Waals surface area contributed by atoms with Gasteiger partial charge in [0.15, 0.2) is 6.10 Å². The third kappa shape index (κ3) is 3.29. The van der Waals surface area contributed by atoms with Crippen LogP contribution in [-0.2, 0) is 28.7 Å². The molecule has 2 atom stereocenters. The van der Waals surface area contributed by atoms with Crippen molar-refractivity contribution in [1.82, 2.24) is 0 Å². The lowest BCUT2D eigenvalue weighted by Gasteiger charge is -2.17. The molecule has 0 aliphatic carbocycles. The Kier molecular flexibility index (Phi) is 5.02. The first-order valence-corrected chi connectivity index (χ1v) is 6.93. The van der Waals surface area contributed by atoms with E-state index in [4.69, 9.17) is 4.84 Å². The Bertz CT molecular complexity index is 696. The van der Waals surface area contributed by atoms with E-state index in [0.29, 0.717) is 11.3 Å². The first-order valence-electron chi connectivity index (χ1n) is 6.93. The molecule has 0 saturated heterocycles. The molecule has 9 heteroatoms. The van der Waals surface area contributed by atoms with Gasteiger partial charge in [-0.25, -0.2) is 4.79 Å². The minimum absolute atomic E-state index is 0.0280. The number of benzene rings is 1. The zero-order chi connectivity index (χ0) is 17.9. The standard InChI is InChI=1S/C15H16N2O7/c1-8(18)16-10-6-4-9(5-7-10)11-12(14(19)22-2)17(21)24-13(11)15(20)23-3/h4-7,11,13H,1-3H3,(H,16,18)/t11-,13-/m0/s1. The van der Waals surface area contributed by atoms with Gasteiger partial charge in [-0.2, -0.15) is 0 Å². The van der Waals surface area contributed by atoms with Crippen LogP contribution in [0.4, 0.5) is 5.69 Å². The van der Waals surface area contributed by atoms with Gasteiger partial charge in [-0.05, 0) is 17.7 Å². The number of carbonyl (C=O) groups excluding carboxylic acids is 3. The molecule has 128 valence electrons. The van der Waals surface area contributed by atoms with E-state index < -0.39 is 24.0 Å². The van der Waals surface area contributed by atoms with E-state index in [0.717, 1.165) is 14.2 Å². The van der Waals surface area contributed by atoms with Crippen LogP contribution < -0.4 is 5.32 Å². The third-order valence-electron chi connectivity index (χ3n) is 3.42. The normalized spacial score (nSPS) is 19.5. The van der Waals surface area contributed by atoms with E-state index in [1.807, 2.05) is 0 Å². The van der Waals surface area contributed by atoms with Crippen molar-refractivity contribution in [2.75, 3.05) is 19.5 Å². The highest BCUT2D eigenvalue weighted by molar-refractivity contribution is 6.37. The van der Waals surface area contributed by atoms with Crippen molar-refractivity contribution in [2.24, 2.45) is 0 Å². The van der Waals surface area contributed by atoms with Crippen molar-refractivity contribution in [2.45, 2.75) is 18.9 Å². The maximum Gasteiger partial charge on any atom is 0.405 e. The lowest BCUT2D eigenvalue weighted by atomic mass is 9.89. The number of carbonyl (C=O) groups is 3. The van der Waals surface area contributed by atoms with E-state index in [-0.39, 0.29) is 16.5 Å². The van der Waals surface area contributed by atoms with Crippen LogP contribution in [0.2, 0.25) is 0 Å². The molecular weight excluding hydrogens is 320 g/mol. The quantitative estimate of drug-likeness (QED) is 0.622. The van der Waals surface area contributed by atoms with Gasteiger partial charge in [0.05, 0.1) is 19.1 Å². The van der Waals surface area contributed by atoms with Crippen LogP contribution in [0.15, 0.2) is 24.3 Å². The van der Waals surface area contributed by atoms with E-state index in [1.54, 1.807) is 24.3 Å². The molecule has 0 unspecified atom stereocenters. The van der Waals surface area contributed by atoms with E-state index >= 15 is 0 Å². The Balaban J connectivity index is 2.41. The molecule has 0 spiro atoms. The number of rotatable bonds is 4. The van der Waals surface area contributed by atoms with Crippen molar-refractivity contribution in [3.8, 4) is 0 Å². The summed E-state index contributed by atoms with van der Waals surface area (Å²) < 4.78 is 9.21. The molecule has 1 heterocycles. The summed E-state index contributed by atoms with van der Waals surface area (Å²) in [7, 11) is 2.26. The highest BCUT2D eigenvalue weighted by Crippen LogP contribution is 2.31. The number of esters is 2. The summed E-state index contributed by atoms with van der Waals surface area (Å²) in [6.07, 6.45) is -1.31. The lowest BCUT2D eigenvalue weighted by Crippen LogP contribution is -2.33. The number of nitrogens with zero attached hydrogens (tertiary/aromatic N) is 1. The molecule has 1 amide bonds. The molecule has 0 fully saturated rings. The second kappa shape index (κ2) is 6.99. The maximum absolute atomic E-state index is 11.9. The zero-order valence-corrected chi connectivity index (χ0v) is 13.3. The van der Waals surface area contributed by atoms with Crippen molar-refractivity contribution >= 4 is 29.2 Å². The molecule has 9 nitrogen and oxygen atoms in total. The Morgan fingerprint density at radius 2 is 1.79 bits per heavy atom. The topological polar surface area (TPSA) is 117 Å². The number of amides is 1. The van der Waals surface area contributed by atoms with Gasteiger partial charge in [-0.15, -0.1) is 0 Å². The first-order chi connectivity index (χ1) is 11.4. The van der Waals surface area contributed by atoms with Crippen LogP contribution in [0.25, 0.3) is 0 Å². The third-order valence-corrected chi connectivity index (χ3v) is 3.42. The van der Waals surface area contributed by atoms with Gasteiger partial charge >= 0.3 is 17.7 Å². The molecule has 1 aromatic rings. The Morgan fingerprint density at radius 1 is 1.17 bits per heavy atom. The summed E-state index contributed by atoms with van der Waals surface area (Å²) >= 11 is 0. The monoisotopic (exact) mass is 336 g/mol. The highest BCUT2D eigenvalue weighted by Gasteiger charge is 2.50. The van der Waals surface area contributed by atoms with Gasteiger partial charge in [0.25, 0.3) is 0 Å². The van der Waals surface area contributed by atoms with Gasteiger partial charge in [0, 0.05) is 12.6 Å². The summed E-state index contributed by atoms with van der Waals surface area (Å²) in [6, 6.07) is 6.29. The van der Waals surface area contributed by atoms with Gasteiger partial charge < -0.3 is 19.6 Å². The fourth-order valence-corrected chi connectivity index (χ4v) is 2.39. The average molecular weight is 336 g/mol. The van der Waals surface area contributed by atoms with Gasteiger partial charge in [-0.1, -0.05) is 12.1 Å². The average Bonchev–Trinajstić information content (AvgIpc) is 2.91. The van der Waals surface area contributed by atoms with Crippen LogP contribution in [0.1, 0.15) is 18.4 Å². The van der Waals surface area contributed by atoms with Gasteiger partial charge in [-0.3, -0.25) is 14.8 Å². The van der Waals surface area contributed by atoms with Crippen LogP contribution in [0.3, 0.4) is 0 Å². The largest absolute Gasteiger partial charge is 0.468 e. The lowest BCUT2D eigenvalue weighted by molar-refractivity contribution is -0.736. The molecule has 0 saturated carbocycles. The SMILES string of the molecule is COC(=O)C1=[N+]([O-])O[C@H](C(=O)OC)[C@H]1c1ccc(NC(C)=O)cc1. The molecule has 1 aliphatic rings. The van der Waals surface area contributed by atoms with Gasteiger partial charge in [0.2, 0.25) is 5.91 Å². The maximum atomic E-state index is 11.9. The Hall–Kier alpha value is -3.10. The number of nitrogens with one attached hydrogen (secondary N) is 1. The number of hydrogen-bond donors (Lipinski definition) is 1. The van der Waals surface area contributed by atoms with Crippen molar-refractivity contribution < 1.29 is 33.6 Å². The molecule has 2 rings (SSSR count). The summed E-state index contributed by atoms with van der Waals surface area (Å²) in [5.74, 6) is -2.95. The van der Waals surface area contributed by atoms with Crippen molar-refractivity contribution in [1.29, 1.82) is 0 Å². The smallest absolute Gasteiger partial charge is 0.405 e. The van der Waals surface area contributed by atoms with Crippen LogP contribution in [0.5, 0.6) is 0 Å². The molecule has 24 heavy (non-hydrogen) atoms. The molecule has 1 N–H and O–H groups in total. The van der Waals surface area contributed by atoms with E-state index in [1.165, 1.54) is 6.92 Å². The zero-order valence-electron chi connectivity index (χ0n) is 13.3. The summed E-state index contributed by atoms with van der Waals surface area (Å²) in [6.45, 7) is 1.37. The first kappa shape index (κ1) is 17.3. The van der Waals surface area contributed by atoms with Crippen LogP contribution >= 0.6 is 0 Å². The van der Waals surface area contributed by atoms with Crippen molar-refractivity contribution in [3.05, 3.63) is 35.0 Å².